The lowest BCUT2D eigenvalue weighted by atomic mass is 9.85. The van der Waals surface area contributed by atoms with Crippen LogP contribution in [-0.4, -0.2) is 23.5 Å². The highest BCUT2D eigenvalue weighted by molar-refractivity contribution is 5.97. The third kappa shape index (κ3) is 4.73. The van der Waals surface area contributed by atoms with Crippen LogP contribution >= 0.6 is 0 Å². The first-order chi connectivity index (χ1) is 11.7. The number of amides is 2. The summed E-state index contributed by atoms with van der Waals surface area (Å²) in [6.07, 6.45) is 0. The van der Waals surface area contributed by atoms with Crippen molar-refractivity contribution < 1.29 is 19.4 Å². The number of anilines is 1. The van der Waals surface area contributed by atoms with Crippen molar-refractivity contribution in [3.8, 4) is 11.5 Å². The van der Waals surface area contributed by atoms with E-state index in [4.69, 9.17) is 10.5 Å². The van der Waals surface area contributed by atoms with Crippen LogP contribution in [0.4, 0.5) is 5.69 Å². The van der Waals surface area contributed by atoms with E-state index in [2.05, 4.69) is 5.32 Å². The molecule has 6 heteroatoms. The highest BCUT2D eigenvalue weighted by atomic mass is 16.5. The molecule has 0 spiro atoms. The van der Waals surface area contributed by atoms with Crippen LogP contribution < -0.4 is 15.8 Å². The van der Waals surface area contributed by atoms with Gasteiger partial charge in [0.15, 0.2) is 6.61 Å². The zero-order valence-corrected chi connectivity index (χ0v) is 14.5. The number of para-hydroxylation sites is 1. The molecule has 0 saturated carbocycles. The van der Waals surface area contributed by atoms with Crippen molar-refractivity contribution in [1.29, 1.82) is 0 Å². The van der Waals surface area contributed by atoms with Crippen LogP contribution in [0.1, 0.15) is 36.7 Å². The number of nitrogens with one attached hydrogen (secondary N) is 1. The van der Waals surface area contributed by atoms with Crippen molar-refractivity contribution in [2.45, 2.75) is 26.2 Å². The zero-order chi connectivity index (χ0) is 18.6. The first-order valence-corrected chi connectivity index (χ1v) is 7.83. The van der Waals surface area contributed by atoms with Crippen molar-refractivity contribution >= 4 is 17.5 Å². The van der Waals surface area contributed by atoms with Gasteiger partial charge in [0.2, 0.25) is 0 Å². The molecule has 2 aromatic carbocycles. The van der Waals surface area contributed by atoms with Crippen LogP contribution in [0, 0.1) is 0 Å². The lowest BCUT2D eigenvalue weighted by Gasteiger charge is -2.24. The highest BCUT2D eigenvalue weighted by Crippen LogP contribution is 2.34. The summed E-state index contributed by atoms with van der Waals surface area (Å²) in [5.41, 5.74) is 6.71. The van der Waals surface area contributed by atoms with E-state index in [0.29, 0.717) is 11.4 Å². The monoisotopic (exact) mass is 342 g/mol. The second kappa shape index (κ2) is 7.25. The lowest BCUT2D eigenvalue weighted by Crippen LogP contribution is -2.24. The third-order valence-corrected chi connectivity index (χ3v) is 3.59. The number of nitrogens with two attached hydrogens (primary N) is 1. The van der Waals surface area contributed by atoms with Gasteiger partial charge in [-0.3, -0.25) is 9.59 Å². The molecule has 0 aliphatic carbocycles. The predicted molar refractivity (Wildman–Crippen MR) is 95.9 cm³/mol. The summed E-state index contributed by atoms with van der Waals surface area (Å²) in [7, 11) is 0. The Hall–Kier alpha value is -3.02. The molecule has 0 unspecified atom stereocenters. The topological polar surface area (TPSA) is 102 Å². The number of phenolic OH excluding ortho intramolecular Hbond substituents is 1. The van der Waals surface area contributed by atoms with Gasteiger partial charge in [-0.1, -0.05) is 32.9 Å². The Morgan fingerprint density at radius 3 is 2.32 bits per heavy atom. The smallest absolute Gasteiger partial charge is 0.262 e. The third-order valence-electron chi connectivity index (χ3n) is 3.59. The molecule has 0 bridgehead atoms. The van der Waals surface area contributed by atoms with Gasteiger partial charge in [0.1, 0.15) is 11.5 Å². The van der Waals surface area contributed by atoms with E-state index in [1.165, 1.54) is 12.1 Å². The van der Waals surface area contributed by atoms with Gasteiger partial charge >= 0.3 is 0 Å². The maximum absolute atomic E-state index is 12.1. The Kier molecular flexibility index (Phi) is 5.32. The largest absolute Gasteiger partial charge is 0.508 e. The molecule has 2 rings (SSSR count). The van der Waals surface area contributed by atoms with Crippen molar-refractivity contribution in [3.05, 3.63) is 53.6 Å². The van der Waals surface area contributed by atoms with Gasteiger partial charge in [0, 0.05) is 11.3 Å². The van der Waals surface area contributed by atoms with Crippen LogP contribution in [0.2, 0.25) is 0 Å². The van der Waals surface area contributed by atoms with Gasteiger partial charge in [-0.15, -0.1) is 0 Å². The highest BCUT2D eigenvalue weighted by Gasteiger charge is 2.23. The fraction of sp³-hybridized carbons (Fsp3) is 0.263. The fourth-order valence-electron chi connectivity index (χ4n) is 2.36. The Labute approximate surface area is 146 Å². The van der Waals surface area contributed by atoms with E-state index in [1.54, 1.807) is 24.3 Å². The number of hydrogen-bond acceptors (Lipinski definition) is 4. The number of ether oxygens (including phenoxy) is 1. The van der Waals surface area contributed by atoms with Crippen LogP contribution in [0.3, 0.4) is 0 Å². The van der Waals surface area contributed by atoms with Gasteiger partial charge in [-0.25, -0.2) is 0 Å². The van der Waals surface area contributed by atoms with Gasteiger partial charge in [-0.2, -0.15) is 0 Å². The van der Waals surface area contributed by atoms with Crippen LogP contribution in [0.25, 0.3) is 0 Å². The summed E-state index contributed by atoms with van der Waals surface area (Å²) >= 11 is 0. The molecule has 25 heavy (non-hydrogen) atoms. The zero-order valence-electron chi connectivity index (χ0n) is 14.5. The lowest BCUT2D eigenvalue weighted by molar-refractivity contribution is -0.118. The number of hydrogen-bond donors (Lipinski definition) is 3. The number of carbonyl (C=O) groups excluding carboxylic acids is 2. The molecule has 0 atom stereocenters. The molecule has 0 aromatic heterocycles. The average molecular weight is 342 g/mol. The Morgan fingerprint density at radius 1 is 1.12 bits per heavy atom. The van der Waals surface area contributed by atoms with E-state index in [1.807, 2.05) is 26.8 Å². The predicted octanol–water partition coefficient (Wildman–Crippen LogP) is 2.81. The SMILES string of the molecule is CC(C)(C)c1cccc(C(N)=O)c1OCC(=O)Nc1ccc(O)cc1. The Bertz CT molecular complexity index is 777. The normalized spacial score (nSPS) is 11.0. The Morgan fingerprint density at radius 2 is 1.76 bits per heavy atom. The molecule has 6 nitrogen and oxygen atoms in total. The number of carbonyl (C=O) groups is 2. The number of rotatable bonds is 5. The number of benzene rings is 2. The molecule has 0 heterocycles. The van der Waals surface area contributed by atoms with E-state index < -0.39 is 5.91 Å². The average Bonchev–Trinajstić information content (AvgIpc) is 2.53. The standard InChI is InChI=1S/C19H22N2O4/c1-19(2,3)15-6-4-5-14(18(20)24)17(15)25-11-16(23)21-12-7-9-13(22)10-8-12/h4-10,22H,11H2,1-3H3,(H2,20,24)(H,21,23). The molecule has 2 aromatic rings. The second-order valence-corrected chi connectivity index (χ2v) is 6.68. The summed E-state index contributed by atoms with van der Waals surface area (Å²) in [5.74, 6) is -0.562. The van der Waals surface area contributed by atoms with Crippen LogP contribution in [0.5, 0.6) is 11.5 Å². The fourth-order valence-corrected chi connectivity index (χ4v) is 2.36. The molecule has 2 amide bonds. The summed E-state index contributed by atoms with van der Waals surface area (Å²) in [6, 6.07) is 11.2. The number of primary amides is 1. The van der Waals surface area contributed by atoms with Crippen molar-refractivity contribution in [3.63, 3.8) is 0 Å². The van der Waals surface area contributed by atoms with Gasteiger partial charge in [-0.05, 0) is 35.7 Å². The van der Waals surface area contributed by atoms with Gasteiger partial charge in [0.05, 0.1) is 5.56 Å². The maximum Gasteiger partial charge on any atom is 0.262 e. The summed E-state index contributed by atoms with van der Waals surface area (Å²) < 4.78 is 5.65. The summed E-state index contributed by atoms with van der Waals surface area (Å²) in [5, 5.41) is 11.9. The Balaban J connectivity index is 2.17. The number of aromatic hydroxyl groups is 1. The molecule has 0 radical (unpaired) electrons. The minimum Gasteiger partial charge on any atom is -0.508 e. The maximum atomic E-state index is 12.1. The molecular weight excluding hydrogens is 320 g/mol. The van der Waals surface area contributed by atoms with Crippen LogP contribution in [0.15, 0.2) is 42.5 Å². The molecular formula is C19H22N2O4. The second-order valence-electron chi connectivity index (χ2n) is 6.68. The first kappa shape index (κ1) is 18.3. The van der Waals surface area contributed by atoms with Gasteiger partial charge < -0.3 is 20.9 Å². The quantitative estimate of drug-likeness (QED) is 0.727. The first-order valence-electron chi connectivity index (χ1n) is 7.83. The molecule has 0 aliphatic rings. The molecule has 0 aliphatic heterocycles. The van der Waals surface area contributed by atoms with Crippen LogP contribution in [-0.2, 0) is 10.2 Å². The molecule has 0 saturated heterocycles. The van der Waals surface area contributed by atoms with E-state index in [9.17, 15) is 14.7 Å². The minimum absolute atomic E-state index is 0.111. The van der Waals surface area contributed by atoms with Crippen molar-refractivity contribution in [1.82, 2.24) is 0 Å². The van der Waals surface area contributed by atoms with Crippen molar-refractivity contribution in [2.75, 3.05) is 11.9 Å². The van der Waals surface area contributed by atoms with E-state index >= 15 is 0 Å². The molecule has 4 N–H and O–H groups in total. The van der Waals surface area contributed by atoms with Crippen molar-refractivity contribution in [2.24, 2.45) is 5.73 Å². The minimum atomic E-state index is -0.611. The summed E-state index contributed by atoms with van der Waals surface area (Å²) in [4.78, 5) is 23.8. The molecule has 0 fully saturated rings. The number of phenols is 1. The van der Waals surface area contributed by atoms with E-state index in [0.717, 1.165) is 5.56 Å². The van der Waals surface area contributed by atoms with E-state index in [-0.39, 0.29) is 29.2 Å². The van der Waals surface area contributed by atoms with Gasteiger partial charge in [0.25, 0.3) is 11.8 Å². The summed E-state index contributed by atoms with van der Waals surface area (Å²) in [6.45, 7) is 5.68. The molecule has 132 valence electrons.